The van der Waals surface area contributed by atoms with Gasteiger partial charge < -0.3 is 0 Å². The van der Waals surface area contributed by atoms with Crippen LogP contribution in [0.15, 0.2) is 41.0 Å². The van der Waals surface area contributed by atoms with E-state index in [0.717, 1.165) is 17.7 Å². The molecular weight excluding hydrogens is 314 g/mol. The van der Waals surface area contributed by atoms with Crippen LogP contribution in [-0.2, 0) is 13.6 Å². The predicted molar refractivity (Wildman–Crippen MR) is 84.4 cm³/mol. The zero-order chi connectivity index (χ0) is 13.9. The molecule has 1 aromatic heterocycles. The Morgan fingerprint density at radius 2 is 2.05 bits per heavy atom. The standard InChI is InChI=1S/C16H20BrN3/c1-19-16(17)11-14(18-19)15-9-5-6-10-20(15)12-13-7-3-2-4-8-13/h2-4,7-8,11,15H,5-6,9-10,12H2,1H3. The lowest BCUT2D eigenvalue weighted by Gasteiger charge is -2.34. The molecular formula is C16H20BrN3. The smallest absolute Gasteiger partial charge is 0.104 e. The Balaban J connectivity index is 1.80. The second-order valence-electron chi connectivity index (χ2n) is 5.48. The molecule has 1 aromatic carbocycles. The SMILES string of the molecule is Cn1nc(C2CCCCN2Cc2ccccc2)cc1Br. The number of rotatable bonds is 3. The fourth-order valence-electron chi connectivity index (χ4n) is 2.96. The zero-order valence-electron chi connectivity index (χ0n) is 11.8. The van der Waals surface area contributed by atoms with E-state index in [-0.39, 0.29) is 0 Å². The minimum atomic E-state index is 0.446. The van der Waals surface area contributed by atoms with Crippen LogP contribution in [0.2, 0.25) is 0 Å². The molecule has 0 bridgehead atoms. The van der Waals surface area contributed by atoms with Gasteiger partial charge in [0.25, 0.3) is 0 Å². The van der Waals surface area contributed by atoms with Gasteiger partial charge >= 0.3 is 0 Å². The molecule has 0 saturated carbocycles. The van der Waals surface area contributed by atoms with Crippen molar-refractivity contribution >= 4 is 15.9 Å². The molecule has 2 heterocycles. The maximum atomic E-state index is 4.65. The quantitative estimate of drug-likeness (QED) is 0.849. The van der Waals surface area contributed by atoms with Crippen molar-refractivity contribution in [2.45, 2.75) is 31.8 Å². The molecule has 4 heteroatoms. The first-order valence-electron chi connectivity index (χ1n) is 7.21. The number of benzene rings is 1. The minimum absolute atomic E-state index is 0.446. The average molecular weight is 334 g/mol. The molecule has 3 rings (SSSR count). The van der Waals surface area contributed by atoms with Crippen LogP contribution in [0.4, 0.5) is 0 Å². The van der Waals surface area contributed by atoms with Crippen molar-refractivity contribution in [2.24, 2.45) is 7.05 Å². The maximum Gasteiger partial charge on any atom is 0.104 e. The van der Waals surface area contributed by atoms with E-state index in [0.29, 0.717) is 6.04 Å². The number of aromatic nitrogens is 2. The van der Waals surface area contributed by atoms with Gasteiger partial charge in [0.2, 0.25) is 0 Å². The summed E-state index contributed by atoms with van der Waals surface area (Å²) >= 11 is 3.55. The maximum absolute atomic E-state index is 4.65. The van der Waals surface area contributed by atoms with Gasteiger partial charge in [0, 0.05) is 13.6 Å². The Labute approximate surface area is 128 Å². The van der Waals surface area contributed by atoms with E-state index in [4.69, 9.17) is 0 Å². The van der Waals surface area contributed by atoms with E-state index in [1.54, 1.807) is 0 Å². The molecule has 1 saturated heterocycles. The minimum Gasteiger partial charge on any atom is -0.290 e. The van der Waals surface area contributed by atoms with Crippen molar-refractivity contribution in [3.8, 4) is 0 Å². The Morgan fingerprint density at radius 1 is 1.25 bits per heavy atom. The molecule has 0 radical (unpaired) electrons. The van der Waals surface area contributed by atoms with Gasteiger partial charge in [-0.15, -0.1) is 0 Å². The Bertz CT molecular complexity index is 545. The Morgan fingerprint density at radius 3 is 2.75 bits per heavy atom. The molecule has 106 valence electrons. The fourth-order valence-corrected chi connectivity index (χ4v) is 3.28. The van der Waals surface area contributed by atoms with Crippen molar-refractivity contribution in [3.05, 3.63) is 52.3 Å². The number of aryl methyl sites for hydroxylation is 1. The van der Waals surface area contributed by atoms with E-state index in [1.807, 2.05) is 11.7 Å². The molecule has 3 nitrogen and oxygen atoms in total. The fraction of sp³-hybridized carbons (Fsp3) is 0.438. The molecule has 1 unspecified atom stereocenters. The third-order valence-corrected chi connectivity index (χ3v) is 4.77. The van der Waals surface area contributed by atoms with Crippen LogP contribution >= 0.6 is 15.9 Å². The zero-order valence-corrected chi connectivity index (χ0v) is 13.4. The van der Waals surface area contributed by atoms with Crippen molar-refractivity contribution in [2.75, 3.05) is 6.54 Å². The van der Waals surface area contributed by atoms with E-state index < -0.39 is 0 Å². The van der Waals surface area contributed by atoms with Crippen molar-refractivity contribution in [3.63, 3.8) is 0 Å². The van der Waals surface area contributed by atoms with Crippen LogP contribution < -0.4 is 0 Å². The van der Waals surface area contributed by atoms with Gasteiger partial charge in [-0.05, 0) is 46.9 Å². The average Bonchev–Trinajstić information content (AvgIpc) is 2.80. The van der Waals surface area contributed by atoms with Gasteiger partial charge in [0.05, 0.1) is 11.7 Å². The summed E-state index contributed by atoms with van der Waals surface area (Å²) in [4.78, 5) is 2.56. The molecule has 1 atom stereocenters. The summed E-state index contributed by atoms with van der Waals surface area (Å²) in [5.41, 5.74) is 2.57. The van der Waals surface area contributed by atoms with Crippen LogP contribution in [0.25, 0.3) is 0 Å². The van der Waals surface area contributed by atoms with E-state index in [9.17, 15) is 0 Å². The molecule has 20 heavy (non-hydrogen) atoms. The number of piperidine rings is 1. The first-order valence-corrected chi connectivity index (χ1v) is 8.01. The van der Waals surface area contributed by atoms with E-state index in [2.05, 4.69) is 62.3 Å². The molecule has 1 fully saturated rings. The summed E-state index contributed by atoms with van der Waals surface area (Å²) in [5.74, 6) is 0. The molecule has 1 aliphatic rings. The van der Waals surface area contributed by atoms with Crippen molar-refractivity contribution < 1.29 is 0 Å². The lowest BCUT2D eigenvalue weighted by atomic mass is 9.98. The molecule has 0 N–H and O–H groups in total. The highest BCUT2D eigenvalue weighted by atomic mass is 79.9. The van der Waals surface area contributed by atoms with Gasteiger partial charge in [-0.3, -0.25) is 9.58 Å². The van der Waals surface area contributed by atoms with Crippen molar-refractivity contribution in [1.82, 2.24) is 14.7 Å². The van der Waals surface area contributed by atoms with Crippen LogP contribution in [0.3, 0.4) is 0 Å². The second-order valence-corrected chi connectivity index (χ2v) is 6.30. The van der Waals surface area contributed by atoms with Crippen molar-refractivity contribution in [1.29, 1.82) is 0 Å². The second kappa shape index (κ2) is 6.10. The molecule has 0 spiro atoms. The molecule has 1 aliphatic heterocycles. The summed E-state index contributed by atoms with van der Waals surface area (Å²) in [5, 5.41) is 4.65. The summed E-state index contributed by atoms with van der Waals surface area (Å²) in [6, 6.07) is 13.3. The van der Waals surface area contributed by atoms with Gasteiger partial charge in [0.1, 0.15) is 4.60 Å². The number of hydrogen-bond acceptors (Lipinski definition) is 2. The van der Waals surface area contributed by atoms with Crippen LogP contribution in [0.5, 0.6) is 0 Å². The highest BCUT2D eigenvalue weighted by Crippen LogP contribution is 2.32. The third kappa shape index (κ3) is 2.96. The highest BCUT2D eigenvalue weighted by Gasteiger charge is 2.26. The summed E-state index contributed by atoms with van der Waals surface area (Å²) in [6.45, 7) is 2.17. The summed E-state index contributed by atoms with van der Waals surface area (Å²) < 4.78 is 2.96. The molecule has 0 aliphatic carbocycles. The van der Waals surface area contributed by atoms with Gasteiger partial charge in [-0.1, -0.05) is 36.8 Å². The number of halogens is 1. The van der Waals surface area contributed by atoms with E-state index in [1.165, 1.54) is 30.5 Å². The van der Waals surface area contributed by atoms with Gasteiger partial charge in [-0.25, -0.2) is 0 Å². The topological polar surface area (TPSA) is 21.1 Å². The lowest BCUT2D eigenvalue weighted by Crippen LogP contribution is -2.33. The van der Waals surface area contributed by atoms with Gasteiger partial charge in [0.15, 0.2) is 0 Å². The lowest BCUT2D eigenvalue weighted by molar-refractivity contribution is 0.137. The van der Waals surface area contributed by atoms with Crippen LogP contribution in [0.1, 0.15) is 36.6 Å². The number of likely N-dealkylation sites (tertiary alicyclic amines) is 1. The van der Waals surface area contributed by atoms with Crippen LogP contribution in [-0.4, -0.2) is 21.2 Å². The number of hydrogen-bond donors (Lipinski definition) is 0. The predicted octanol–water partition coefficient (Wildman–Crippen LogP) is 3.91. The number of nitrogens with zero attached hydrogens (tertiary/aromatic N) is 3. The highest BCUT2D eigenvalue weighted by molar-refractivity contribution is 9.10. The van der Waals surface area contributed by atoms with Gasteiger partial charge in [-0.2, -0.15) is 5.10 Å². The Kier molecular flexibility index (Phi) is 4.22. The molecule has 2 aromatic rings. The Hall–Kier alpha value is -1.13. The summed E-state index contributed by atoms with van der Waals surface area (Å²) in [7, 11) is 1.98. The monoisotopic (exact) mass is 333 g/mol. The largest absolute Gasteiger partial charge is 0.290 e. The first kappa shape index (κ1) is 13.8. The van der Waals surface area contributed by atoms with E-state index >= 15 is 0 Å². The first-order chi connectivity index (χ1) is 9.74. The third-order valence-electron chi connectivity index (χ3n) is 4.03. The van der Waals surface area contributed by atoms with Crippen LogP contribution in [0, 0.1) is 0 Å². The normalized spacial score (nSPS) is 20.2. The molecule has 0 amide bonds. The summed E-state index contributed by atoms with van der Waals surface area (Å²) in [6.07, 6.45) is 3.79.